The zero-order valence-electron chi connectivity index (χ0n) is 15.4. The van der Waals surface area contributed by atoms with Gasteiger partial charge in [0.1, 0.15) is 11.5 Å². The quantitative estimate of drug-likeness (QED) is 0.858. The third-order valence-corrected chi connectivity index (χ3v) is 5.69. The molecule has 0 amide bonds. The molecule has 1 aliphatic carbocycles. The van der Waals surface area contributed by atoms with Crippen LogP contribution in [-0.4, -0.2) is 40.4 Å². The Morgan fingerprint density at radius 3 is 2.73 bits per heavy atom. The van der Waals surface area contributed by atoms with Gasteiger partial charge in [-0.05, 0) is 64.3 Å². The van der Waals surface area contributed by atoms with E-state index in [1.54, 1.807) is 4.68 Å². The number of nitrogens with one attached hydrogen (secondary N) is 1. The van der Waals surface area contributed by atoms with Gasteiger partial charge >= 0.3 is 0 Å². The minimum absolute atomic E-state index is 0.286. The summed E-state index contributed by atoms with van der Waals surface area (Å²) in [5.74, 6) is -0.464. The van der Waals surface area contributed by atoms with Crippen LogP contribution in [-0.2, 0) is 6.54 Å². The van der Waals surface area contributed by atoms with Crippen molar-refractivity contribution < 1.29 is 8.78 Å². The maximum atomic E-state index is 14.1. The molecule has 1 N–H and O–H groups in total. The molecule has 0 bridgehead atoms. The third kappa shape index (κ3) is 3.53. The first-order chi connectivity index (χ1) is 12.5. The number of aryl methyl sites for hydroxylation is 1. The minimum Gasteiger partial charge on any atom is -0.312 e. The van der Waals surface area contributed by atoms with E-state index in [1.165, 1.54) is 44.5 Å². The first-order valence-corrected chi connectivity index (χ1v) is 9.48. The molecule has 1 aromatic carbocycles. The number of nitrogens with zero attached hydrogens (tertiary/aromatic N) is 3. The van der Waals surface area contributed by atoms with Gasteiger partial charge in [0.05, 0.1) is 5.69 Å². The summed E-state index contributed by atoms with van der Waals surface area (Å²) in [6.45, 7) is 8.03. The summed E-state index contributed by atoms with van der Waals surface area (Å²) in [6, 6.07) is 4.45. The number of halogens is 2. The van der Waals surface area contributed by atoms with Crippen LogP contribution >= 0.6 is 0 Å². The summed E-state index contributed by atoms with van der Waals surface area (Å²) in [6.07, 6.45) is 4.01. The van der Waals surface area contributed by atoms with Crippen molar-refractivity contribution in [3.05, 3.63) is 46.8 Å². The summed E-state index contributed by atoms with van der Waals surface area (Å²) < 4.78 is 28.8. The highest BCUT2D eigenvalue weighted by molar-refractivity contribution is 5.38. The predicted molar refractivity (Wildman–Crippen MR) is 97.4 cm³/mol. The first kappa shape index (κ1) is 17.6. The molecular formula is C20H26F2N4. The second kappa shape index (κ2) is 7.08. The Kier molecular flexibility index (Phi) is 4.80. The second-order valence-corrected chi connectivity index (χ2v) is 7.67. The predicted octanol–water partition coefficient (Wildman–Crippen LogP) is 3.34. The first-order valence-electron chi connectivity index (χ1n) is 9.48. The fourth-order valence-electron chi connectivity index (χ4n) is 4.02. The zero-order chi connectivity index (χ0) is 18.3. The summed E-state index contributed by atoms with van der Waals surface area (Å²) in [5.41, 5.74) is 3.15. The minimum atomic E-state index is -0.596. The molecule has 2 fully saturated rings. The SMILES string of the molecule is Cc1nn(-c2ccc(F)cc2F)c(C)c1CNCC1CCN(C2CC2)C1. The van der Waals surface area contributed by atoms with Crippen LogP contribution in [0.15, 0.2) is 18.2 Å². The Morgan fingerprint density at radius 1 is 1.19 bits per heavy atom. The van der Waals surface area contributed by atoms with E-state index >= 15 is 0 Å². The average molecular weight is 360 g/mol. The molecular weight excluding hydrogens is 334 g/mol. The topological polar surface area (TPSA) is 33.1 Å². The van der Waals surface area contributed by atoms with Crippen molar-refractivity contribution in [3.8, 4) is 5.69 Å². The molecule has 2 heterocycles. The Labute approximate surface area is 153 Å². The molecule has 1 saturated heterocycles. The third-order valence-electron chi connectivity index (χ3n) is 5.69. The lowest BCUT2D eigenvalue weighted by atomic mass is 10.1. The van der Waals surface area contributed by atoms with E-state index in [2.05, 4.69) is 15.3 Å². The molecule has 1 atom stereocenters. The van der Waals surface area contributed by atoms with Crippen LogP contribution in [0.3, 0.4) is 0 Å². The molecule has 4 rings (SSSR count). The smallest absolute Gasteiger partial charge is 0.151 e. The van der Waals surface area contributed by atoms with Crippen LogP contribution in [0, 0.1) is 31.4 Å². The van der Waals surface area contributed by atoms with Crippen molar-refractivity contribution in [1.29, 1.82) is 0 Å². The highest BCUT2D eigenvalue weighted by atomic mass is 19.1. The van der Waals surface area contributed by atoms with E-state index in [-0.39, 0.29) is 5.69 Å². The summed E-state index contributed by atoms with van der Waals surface area (Å²) in [7, 11) is 0. The van der Waals surface area contributed by atoms with E-state index in [1.807, 2.05) is 13.8 Å². The summed E-state index contributed by atoms with van der Waals surface area (Å²) in [4.78, 5) is 2.62. The van der Waals surface area contributed by atoms with E-state index in [0.29, 0.717) is 5.92 Å². The molecule has 4 nitrogen and oxygen atoms in total. The Balaban J connectivity index is 1.40. The molecule has 1 saturated carbocycles. The average Bonchev–Trinajstić information content (AvgIpc) is 3.28. The monoisotopic (exact) mass is 360 g/mol. The van der Waals surface area contributed by atoms with E-state index in [0.717, 1.165) is 42.1 Å². The van der Waals surface area contributed by atoms with Crippen LogP contribution in [0.25, 0.3) is 5.69 Å². The van der Waals surface area contributed by atoms with Gasteiger partial charge in [0.15, 0.2) is 5.82 Å². The zero-order valence-corrected chi connectivity index (χ0v) is 15.4. The molecule has 1 aliphatic heterocycles. The fraction of sp³-hybridized carbons (Fsp3) is 0.550. The molecule has 6 heteroatoms. The molecule has 1 unspecified atom stereocenters. The fourth-order valence-corrected chi connectivity index (χ4v) is 4.02. The van der Waals surface area contributed by atoms with Crippen LogP contribution in [0.2, 0.25) is 0 Å². The lowest BCUT2D eigenvalue weighted by molar-refractivity contribution is 0.312. The van der Waals surface area contributed by atoms with Gasteiger partial charge in [0, 0.05) is 36.5 Å². The van der Waals surface area contributed by atoms with E-state index in [4.69, 9.17) is 0 Å². The molecule has 140 valence electrons. The Morgan fingerprint density at radius 2 is 2.00 bits per heavy atom. The van der Waals surface area contributed by atoms with Crippen LogP contribution < -0.4 is 5.32 Å². The van der Waals surface area contributed by atoms with Crippen molar-refractivity contribution >= 4 is 0 Å². The van der Waals surface area contributed by atoms with Crippen LogP contribution in [0.5, 0.6) is 0 Å². The lowest BCUT2D eigenvalue weighted by Gasteiger charge is -2.15. The molecule has 1 aromatic heterocycles. The van der Waals surface area contributed by atoms with Gasteiger partial charge < -0.3 is 10.2 Å². The lowest BCUT2D eigenvalue weighted by Crippen LogP contribution is -2.27. The van der Waals surface area contributed by atoms with Gasteiger partial charge in [-0.1, -0.05) is 0 Å². The highest BCUT2D eigenvalue weighted by Gasteiger charge is 2.34. The molecule has 2 aliphatic rings. The van der Waals surface area contributed by atoms with Crippen molar-refractivity contribution in [2.24, 2.45) is 5.92 Å². The number of benzene rings is 1. The van der Waals surface area contributed by atoms with Gasteiger partial charge in [0.25, 0.3) is 0 Å². The second-order valence-electron chi connectivity index (χ2n) is 7.67. The number of rotatable bonds is 6. The van der Waals surface area contributed by atoms with E-state index < -0.39 is 11.6 Å². The Bertz CT molecular complexity index is 797. The maximum absolute atomic E-state index is 14.1. The van der Waals surface area contributed by atoms with Crippen molar-refractivity contribution in [2.45, 2.75) is 45.7 Å². The molecule has 0 spiro atoms. The van der Waals surface area contributed by atoms with Crippen molar-refractivity contribution in [3.63, 3.8) is 0 Å². The van der Waals surface area contributed by atoms with Crippen molar-refractivity contribution in [2.75, 3.05) is 19.6 Å². The number of hydrogen-bond acceptors (Lipinski definition) is 3. The summed E-state index contributed by atoms with van der Waals surface area (Å²) in [5, 5.41) is 8.03. The number of likely N-dealkylation sites (tertiary alicyclic amines) is 1. The van der Waals surface area contributed by atoms with E-state index in [9.17, 15) is 8.78 Å². The number of hydrogen-bond donors (Lipinski definition) is 1. The van der Waals surface area contributed by atoms with Crippen LogP contribution in [0.4, 0.5) is 8.78 Å². The molecule has 26 heavy (non-hydrogen) atoms. The van der Waals surface area contributed by atoms with Gasteiger partial charge in [-0.15, -0.1) is 0 Å². The normalized spacial score (nSPS) is 20.8. The maximum Gasteiger partial charge on any atom is 0.151 e. The van der Waals surface area contributed by atoms with Crippen molar-refractivity contribution in [1.82, 2.24) is 20.0 Å². The van der Waals surface area contributed by atoms with Gasteiger partial charge in [0.2, 0.25) is 0 Å². The highest BCUT2D eigenvalue weighted by Crippen LogP contribution is 2.31. The Hall–Kier alpha value is -1.79. The largest absolute Gasteiger partial charge is 0.312 e. The standard InChI is InChI=1S/C20H26F2N4/c1-13-18(11-23-10-15-7-8-25(12-15)17-4-5-17)14(2)26(24-13)20-6-3-16(21)9-19(20)22/h3,6,9,15,17,23H,4-5,7-8,10-12H2,1-2H3. The molecule has 0 radical (unpaired) electrons. The number of aromatic nitrogens is 2. The van der Waals surface area contributed by atoms with Gasteiger partial charge in [-0.2, -0.15) is 5.10 Å². The molecule has 2 aromatic rings. The van der Waals surface area contributed by atoms with Gasteiger partial charge in [-0.3, -0.25) is 0 Å². The van der Waals surface area contributed by atoms with Crippen LogP contribution in [0.1, 0.15) is 36.2 Å². The van der Waals surface area contributed by atoms with Gasteiger partial charge in [-0.25, -0.2) is 13.5 Å². The summed E-state index contributed by atoms with van der Waals surface area (Å²) >= 11 is 0.